The summed E-state index contributed by atoms with van der Waals surface area (Å²) in [5.41, 5.74) is 3.08. The molecule has 32 heavy (non-hydrogen) atoms. The van der Waals surface area contributed by atoms with Crippen LogP contribution in [0.5, 0.6) is 0 Å². The molecule has 0 saturated carbocycles. The molecular weight excluding hydrogens is 402 g/mol. The number of rotatable bonds is 9. The summed E-state index contributed by atoms with van der Waals surface area (Å²) in [6.45, 7) is 5.82. The summed E-state index contributed by atoms with van der Waals surface area (Å²) in [7, 11) is 1.76. The number of benzene rings is 2. The maximum absolute atomic E-state index is 12.3. The summed E-state index contributed by atoms with van der Waals surface area (Å²) in [5, 5.41) is 9.64. The first-order chi connectivity index (χ1) is 15.7. The van der Waals surface area contributed by atoms with E-state index in [1.54, 1.807) is 7.05 Å². The predicted molar refractivity (Wildman–Crippen MR) is 130 cm³/mol. The highest BCUT2D eigenvalue weighted by Crippen LogP contribution is 2.16. The number of anilines is 1. The summed E-state index contributed by atoms with van der Waals surface area (Å²) in [5.74, 6) is 0.743. The van der Waals surface area contributed by atoms with Gasteiger partial charge in [0.15, 0.2) is 5.96 Å². The van der Waals surface area contributed by atoms with Crippen molar-refractivity contribution < 1.29 is 9.53 Å². The van der Waals surface area contributed by atoms with Crippen molar-refractivity contribution in [3.63, 3.8) is 0 Å². The van der Waals surface area contributed by atoms with E-state index < -0.39 is 0 Å². The van der Waals surface area contributed by atoms with Crippen molar-refractivity contribution in [1.29, 1.82) is 0 Å². The Bertz CT molecular complexity index is 866. The molecule has 1 unspecified atom stereocenters. The van der Waals surface area contributed by atoms with Gasteiger partial charge in [0.1, 0.15) is 0 Å². The quantitative estimate of drug-likeness (QED) is 0.313. The number of likely N-dealkylation sites (tertiary alicyclic amines) is 1. The lowest BCUT2D eigenvalue weighted by molar-refractivity contribution is 0.0646. The molecule has 1 fully saturated rings. The van der Waals surface area contributed by atoms with Crippen LogP contribution in [0.4, 0.5) is 10.5 Å². The number of urea groups is 1. The summed E-state index contributed by atoms with van der Waals surface area (Å²) in [4.78, 5) is 18.4. The molecule has 3 rings (SSSR count). The number of ether oxygens (including phenoxy) is 1. The third kappa shape index (κ3) is 7.57. The van der Waals surface area contributed by atoms with Gasteiger partial charge in [-0.2, -0.15) is 0 Å². The van der Waals surface area contributed by atoms with Crippen LogP contribution in [-0.4, -0.2) is 50.2 Å². The van der Waals surface area contributed by atoms with E-state index in [1.165, 1.54) is 5.56 Å². The van der Waals surface area contributed by atoms with Gasteiger partial charge in [-0.15, -0.1) is 0 Å². The van der Waals surface area contributed by atoms with Crippen LogP contribution in [0.25, 0.3) is 0 Å². The molecule has 3 N–H and O–H groups in total. The molecular formula is C25H35N5O2. The SMILES string of the molecule is CN=C(NCCCOC(C)c1ccccc1)NCc1cccc(NC(=O)N2CCCC2)c1. The number of carbonyl (C=O) groups is 1. The van der Waals surface area contributed by atoms with Crippen molar-refractivity contribution in [3.8, 4) is 0 Å². The molecule has 172 valence electrons. The van der Waals surface area contributed by atoms with Crippen LogP contribution in [0, 0.1) is 0 Å². The maximum atomic E-state index is 12.3. The second-order valence-corrected chi connectivity index (χ2v) is 7.95. The minimum Gasteiger partial charge on any atom is -0.374 e. The number of carbonyl (C=O) groups excluding carboxylic acids is 1. The second kappa shape index (κ2) is 12.7. The van der Waals surface area contributed by atoms with E-state index in [0.717, 1.165) is 56.1 Å². The molecule has 0 aliphatic carbocycles. The van der Waals surface area contributed by atoms with Gasteiger partial charge in [-0.1, -0.05) is 42.5 Å². The normalized spacial score (nSPS) is 14.8. The van der Waals surface area contributed by atoms with Crippen molar-refractivity contribution in [1.82, 2.24) is 15.5 Å². The highest BCUT2D eigenvalue weighted by atomic mass is 16.5. The Morgan fingerprint density at radius 3 is 2.62 bits per heavy atom. The van der Waals surface area contributed by atoms with Crippen LogP contribution in [0.3, 0.4) is 0 Å². The average molecular weight is 438 g/mol. The summed E-state index contributed by atoms with van der Waals surface area (Å²) in [6, 6.07) is 18.1. The molecule has 1 aliphatic rings. The molecule has 7 nitrogen and oxygen atoms in total. The minimum atomic E-state index is -0.0195. The largest absolute Gasteiger partial charge is 0.374 e. The number of hydrogen-bond donors (Lipinski definition) is 3. The third-order valence-electron chi connectivity index (χ3n) is 5.51. The van der Waals surface area contributed by atoms with Crippen LogP contribution < -0.4 is 16.0 Å². The van der Waals surface area contributed by atoms with Crippen molar-refractivity contribution in [2.45, 2.75) is 38.8 Å². The molecule has 1 aliphatic heterocycles. The molecule has 2 amide bonds. The first-order valence-electron chi connectivity index (χ1n) is 11.4. The van der Waals surface area contributed by atoms with Gasteiger partial charge in [0.2, 0.25) is 0 Å². The van der Waals surface area contributed by atoms with Crippen molar-refractivity contribution in [2.24, 2.45) is 4.99 Å². The number of guanidine groups is 1. The molecule has 1 saturated heterocycles. The lowest BCUT2D eigenvalue weighted by Crippen LogP contribution is -2.37. The van der Waals surface area contributed by atoms with Crippen LogP contribution in [0.15, 0.2) is 59.6 Å². The number of nitrogens with one attached hydrogen (secondary N) is 3. The Morgan fingerprint density at radius 2 is 1.88 bits per heavy atom. The summed E-state index contributed by atoms with van der Waals surface area (Å²) < 4.78 is 5.92. The van der Waals surface area contributed by atoms with Crippen molar-refractivity contribution in [2.75, 3.05) is 38.6 Å². The first-order valence-corrected chi connectivity index (χ1v) is 11.4. The fourth-order valence-electron chi connectivity index (χ4n) is 3.65. The molecule has 0 radical (unpaired) electrons. The zero-order chi connectivity index (χ0) is 22.6. The molecule has 7 heteroatoms. The third-order valence-corrected chi connectivity index (χ3v) is 5.51. The molecule has 2 aromatic rings. The fourth-order valence-corrected chi connectivity index (χ4v) is 3.65. The van der Waals surface area contributed by atoms with Gasteiger partial charge in [0, 0.05) is 45.5 Å². The number of nitrogens with zero attached hydrogens (tertiary/aromatic N) is 2. The van der Waals surface area contributed by atoms with Gasteiger partial charge in [0.25, 0.3) is 0 Å². The van der Waals surface area contributed by atoms with Crippen LogP contribution in [0.2, 0.25) is 0 Å². The standard InChI is InChI=1S/C25H35N5O2/c1-20(22-11-4-3-5-12-22)32-17-9-14-27-24(26-2)28-19-21-10-8-13-23(18-21)29-25(31)30-15-6-7-16-30/h3-5,8,10-13,18,20H,6-7,9,14-17,19H2,1-2H3,(H,29,31)(H2,26,27,28). The van der Waals surface area contributed by atoms with Gasteiger partial charge in [-0.25, -0.2) is 4.79 Å². The second-order valence-electron chi connectivity index (χ2n) is 7.95. The van der Waals surface area contributed by atoms with E-state index in [0.29, 0.717) is 13.2 Å². The Hall–Kier alpha value is -3.06. The predicted octanol–water partition coefficient (Wildman–Crippen LogP) is 4.15. The minimum absolute atomic E-state index is 0.0195. The summed E-state index contributed by atoms with van der Waals surface area (Å²) >= 11 is 0. The van der Waals surface area contributed by atoms with E-state index in [-0.39, 0.29) is 12.1 Å². The smallest absolute Gasteiger partial charge is 0.321 e. The summed E-state index contributed by atoms with van der Waals surface area (Å²) in [6.07, 6.45) is 3.14. The Balaban J connectivity index is 1.35. The Labute approximate surface area is 191 Å². The molecule has 0 aromatic heterocycles. The van der Waals surface area contributed by atoms with Crippen LogP contribution >= 0.6 is 0 Å². The molecule has 2 aromatic carbocycles. The molecule has 0 bridgehead atoms. The monoisotopic (exact) mass is 437 g/mol. The van der Waals surface area contributed by atoms with Crippen molar-refractivity contribution in [3.05, 3.63) is 65.7 Å². The number of amides is 2. The topological polar surface area (TPSA) is 78.0 Å². The molecule has 0 spiro atoms. The van der Waals surface area contributed by atoms with E-state index in [1.807, 2.05) is 47.4 Å². The highest BCUT2D eigenvalue weighted by molar-refractivity contribution is 5.89. The number of hydrogen-bond acceptors (Lipinski definition) is 3. The van der Waals surface area contributed by atoms with Crippen molar-refractivity contribution >= 4 is 17.7 Å². The average Bonchev–Trinajstić information content (AvgIpc) is 3.37. The van der Waals surface area contributed by atoms with Gasteiger partial charge in [-0.05, 0) is 49.4 Å². The molecule has 1 atom stereocenters. The van der Waals surface area contributed by atoms with Gasteiger partial charge >= 0.3 is 6.03 Å². The highest BCUT2D eigenvalue weighted by Gasteiger charge is 2.17. The van der Waals surface area contributed by atoms with Crippen LogP contribution in [-0.2, 0) is 11.3 Å². The number of aliphatic imine (C=N–C) groups is 1. The van der Waals surface area contributed by atoms with Gasteiger partial charge in [0.05, 0.1) is 6.10 Å². The lowest BCUT2D eigenvalue weighted by Gasteiger charge is -2.17. The van der Waals surface area contributed by atoms with E-state index in [4.69, 9.17) is 4.74 Å². The van der Waals surface area contributed by atoms with E-state index in [2.05, 4.69) is 40.0 Å². The maximum Gasteiger partial charge on any atom is 0.321 e. The van der Waals surface area contributed by atoms with E-state index >= 15 is 0 Å². The zero-order valence-corrected chi connectivity index (χ0v) is 19.1. The van der Waals surface area contributed by atoms with Crippen LogP contribution in [0.1, 0.15) is 43.4 Å². The molecule has 1 heterocycles. The Morgan fingerprint density at radius 1 is 1.09 bits per heavy atom. The first kappa shape index (κ1) is 23.6. The zero-order valence-electron chi connectivity index (χ0n) is 19.1. The Kier molecular flexibility index (Phi) is 9.37. The van der Waals surface area contributed by atoms with Gasteiger partial charge in [-0.3, -0.25) is 4.99 Å². The van der Waals surface area contributed by atoms with Gasteiger partial charge < -0.3 is 25.6 Å². The fraction of sp³-hybridized carbons (Fsp3) is 0.440. The lowest BCUT2D eigenvalue weighted by atomic mass is 10.1. The van der Waals surface area contributed by atoms with E-state index in [9.17, 15) is 4.79 Å².